The van der Waals surface area contributed by atoms with Gasteiger partial charge in [0.25, 0.3) is 0 Å². The first kappa shape index (κ1) is 14.4. The molecular weight excluding hydrogens is 228 g/mol. The first-order valence-electron chi connectivity index (χ1n) is 6.19. The van der Waals surface area contributed by atoms with Crippen molar-refractivity contribution in [1.82, 2.24) is 10.3 Å². The molecule has 0 aromatic carbocycles. The van der Waals surface area contributed by atoms with Gasteiger partial charge in [0, 0.05) is 31.6 Å². The Morgan fingerprint density at radius 2 is 2.44 bits per heavy atom. The summed E-state index contributed by atoms with van der Waals surface area (Å²) in [7, 11) is 0. The molecule has 0 spiro atoms. The molecule has 0 saturated carbocycles. The molecule has 1 unspecified atom stereocenters. The normalized spacial score (nSPS) is 12.6. The van der Waals surface area contributed by atoms with Crippen molar-refractivity contribution in [1.29, 1.82) is 0 Å². The number of rotatable bonds is 7. The summed E-state index contributed by atoms with van der Waals surface area (Å²) >= 11 is 0. The van der Waals surface area contributed by atoms with Crippen LogP contribution in [0.2, 0.25) is 0 Å². The summed E-state index contributed by atoms with van der Waals surface area (Å²) in [6.45, 7) is 2.83. The van der Waals surface area contributed by atoms with Crippen LogP contribution in [0.4, 0.5) is 0 Å². The molecule has 0 fully saturated rings. The summed E-state index contributed by atoms with van der Waals surface area (Å²) in [5, 5.41) is 11.7. The van der Waals surface area contributed by atoms with Crippen LogP contribution in [0.3, 0.4) is 0 Å². The van der Waals surface area contributed by atoms with E-state index in [-0.39, 0.29) is 12.5 Å². The number of carbonyl (C=O) groups is 1. The molecule has 0 bridgehead atoms. The number of aromatic nitrogens is 1. The minimum absolute atomic E-state index is 0.101. The third kappa shape index (κ3) is 6.15. The fourth-order valence-electron chi connectivity index (χ4n) is 1.46. The molecule has 0 aliphatic heterocycles. The molecule has 0 aliphatic carbocycles. The second-order valence-corrected chi connectivity index (χ2v) is 4.34. The van der Waals surface area contributed by atoms with Gasteiger partial charge in [-0.3, -0.25) is 9.78 Å². The molecule has 0 saturated heterocycles. The Hall–Kier alpha value is -1.68. The van der Waals surface area contributed by atoms with Crippen molar-refractivity contribution >= 4 is 12.0 Å². The largest absolute Gasteiger partial charge is 0.396 e. The molecule has 1 heterocycles. The van der Waals surface area contributed by atoms with Crippen molar-refractivity contribution in [2.75, 3.05) is 13.2 Å². The van der Waals surface area contributed by atoms with E-state index in [4.69, 9.17) is 5.11 Å². The molecule has 0 aliphatic rings. The lowest BCUT2D eigenvalue weighted by molar-refractivity contribution is -0.116. The Kier molecular flexibility index (Phi) is 6.72. The van der Waals surface area contributed by atoms with Crippen molar-refractivity contribution in [3.8, 4) is 0 Å². The van der Waals surface area contributed by atoms with E-state index >= 15 is 0 Å². The predicted molar refractivity (Wildman–Crippen MR) is 71.8 cm³/mol. The van der Waals surface area contributed by atoms with Crippen molar-refractivity contribution < 1.29 is 9.90 Å². The molecular formula is C14H20N2O2. The summed E-state index contributed by atoms with van der Waals surface area (Å²) in [5.41, 5.74) is 0.904. The molecule has 4 heteroatoms. The highest BCUT2D eigenvalue weighted by Crippen LogP contribution is 2.02. The lowest BCUT2D eigenvalue weighted by atomic mass is 10.1. The fraction of sp³-hybridized carbons (Fsp3) is 0.429. The zero-order chi connectivity index (χ0) is 13.2. The fourth-order valence-corrected chi connectivity index (χ4v) is 1.46. The van der Waals surface area contributed by atoms with Gasteiger partial charge in [0.15, 0.2) is 0 Å². The molecule has 1 atom stereocenters. The molecule has 1 aromatic heterocycles. The van der Waals surface area contributed by atoms with Crippen LogP contribution in [0.5, 0.6) is 0 Å². The van der Waals surface area contributed by atoms with Crippen molar-refractivity contribution in [2.24, 2.45) is 5.92 Å². The summed E-state index contributed by atoms with van der Waals surface area (Å²) in [5.74, 6) is 0.198. The van der Waals surface area contributed by atoms with E-state index in [2.05, 4.69) is 10.3 Å². The Morgan fingerprint density at radius 3 is 3.11 bits per heavy atom. The average molecular weight is 248 g/mol. The van der Waals surface area contributed by atoms with Gasteiger partial charge in [0.05, 0.1) is 0 Å². The third-order valence-corrected chi connectivity index (χ3v) is 2.60. The van der Waals surface area contributed by atoms with E-state index < -0.39 is 0 Å². The lowest BCUT2D eigenvalue weighted by Gasteiger charge is -2.07. The number of hydrogen-bond acceptors (Lipinski definition) is 3. The lowest BCUT2D eigenvalue weighted by Crippen LogP contribution is -2.22. The highest BCUT2D eigenvalue weighted by molar-refractivity contribution is 5.91. The van der Waals surface area contributed by atoms with E-state index in [9.17, 15) is 4.79 Å². The van der Waals surface area contributed by atoms with Gasteiger partial charge in [-0.1, -0.05) is 13.0 Å². The average Bonchev–Trinajstić information content (AvgIpc) is 2.42. The van der Waals surface area contributed by atoms with Crippen molar-refractivity contribution in [3.63, 3.8) is 0 Å². The first-order valence-corrected chi connectivity index (χ1v) is 6.19. The van der Waals surface area contributed by atoms with E-state index in [1.807, 2.05) is 19.1 Å². The van der Waals surface area contributed by atoms with Gasteiger partial charge in [0.1, 0.15) is 0 Å². The number of nitrogens with one attached hydrogen (secondary N) is 1. The van der Waals surface area contributed by atoms with Crippen LogP contribution in [0.25, 0.3) is 6.08 Å². The van der Waals surface area contributed by atoms with Crippen LogP contribution in [0.1, 0.15) is 25.3 Å². The molecule has 1 aromatic rings. The van der Waals surface area contributed by atoms with E-state index in [0.717, 1.165) is 18.4 Å². The maximum Gasteiger partial charge on any atom is 0.243 e. The highest BCUT2D eigenvalue weighted by Gasteiger charge is 2.00. The van der Waals surface area contributed by atoms with E-state index in [1.54, 1.807) is 18.5 Å². The minimum atomic E-state index is -0.101. The van der Waals surface area contributed by atoms with Crippen molar-refractivity contribution in [2.45, 2.75) is 19.8 Å². The smallest absolute Gasteiger partial charge is 0.243 e. The quantitative estimate of drug-likeness (QED) is 0.569. The minimum Gasteiger partial charge on any atom is -0.396 e. The predicted octanol–water partition coefficient (Wildman–Crippen LogP) is 1.62. The van der Waals surface area contributed by atoms with Gasteiger partial charge >= 0.3 is 0 Å². The highest BCUT2D eigenvalue weighted by atomic mass is 16.3. The topological polar surface area (TPSA) is 62.2 Å². The zero-order valence-electron chi connectivity index (χ0n) is 10.7. The number of hydrogen-bond donors (Lipinski definition) is 2. The number of amides is 1. The Balaban J connectivity index is 2.20. The Morgan fingerprint density at radius 1 is 1.61 bits per heavy atom. The van der Waals surface area contributed by atoms with Gasteiger partial charge in [-0.2, -0.15) is 0 Å². The van der Waals surface area contributed by atoms with E-state index in [0.29, 0.717) is 12.5 Å². The van der Waals surface area contributed by atoms with E-state index in [1.165, 1.54) is 6.08 Å². The number of pyridine rings is 1. The van der Waals surface area contributed by atoms with Gasteiger partial charge < -0.3 is 10.4 Å². The van der Waals surface area contributed by atoms with Crippen LogP contribution in [-0.2, 0) is 4.79 Å². The first-order chi connectivity index (χ1) is 8.72. The van der Waals surface area contributed by atoms with Crippen LogP contribution >= 0.6 is 0 Å². The number of nitrogens with zero attached hydrogens (tertiary/aromatic N) is 1. The third-order valence-electron chi connectivity index (χ3n) is 2.60. The Labute approximate surface area is 108 Å². The van der Waals surface area contributed by atoms with Crippen LogP contribution < -0.4 is 5.32 Å². The molecule has 98 valence electrons. The molecule has 2 N–H and O–H groups in total. The van der Waals surface area contributed by atoms with Gasteiger partial charge in [-0.25, -0.2) is 0 Å². The molecule has 4 nitrogen and oxygen atoms in total. The molecule has 1 rings (SSSR count). The summed E-state index contributed by atoms with van der Waals surface area (Å²) in [6.07, 6.45) is 8.44. The maximum absolute atomic E-state index is 11.5. The SMILES string of the molecule is CC(CO)CCCNC(=O)/C=C/c1cccnc1. The second-order valence-electron chi connectivity index (χ2n) is 4.34. The number of aliphatic hydroxyl groups is 1. The van der Waals surface area contributed by atoms with Gasteiger partial charge in [-0.05, 0) is 36.5 Å². The standard InChI is InChI=1S/C14H20N2O2/c1-12(11-17)4-2-9-16-14(18)7-6-13-5-3-8-15-10-13/h3,5-8,10,12,17H,2,4,9,11H2,1H3,(H,16,18)/b7-6+. The number of aliphatic hydroxyl groups excluding tert-OH is 1. The second kappa shape index (κ2) is 8.42. The van der Waals surface area contributed by atoms with Crippen LogP contribution in [-0.4, -0.2) is 29.1 Å². The van der Waals surface area contributed by atoms with Crippen LogP contribution in [0, 0.1) is 5.92 Å². The Bertz CT molecular complexity index is 377. The summed E-state index contributed by atoms with van der Waals surface area (Å²) in [4.78, 5) is 15.4. The van der Waals surface area contributed by atoms with Gasteiger partial charge in [-0.15, -0.1) is 0 Å². The van der Waals surface area contributed by atoms with Crippen LogP contribution in [0.15, 0.2) is 30.6 Å². The summed E-state index contributed by atoms with van der Waals surface area (Å²) < 4.78 is 0. The zero-order valence-corrected chi connectivity index (χ0v) is 10.7. The maximum atomic E-state index is 11.5. The molecule has 18 heavy (non-hydrogen) atoms. The summed E-state index contributed by atoms with van der Waals surface area (Å²) in [6, 6.07) is 3.72. The monoisotopic (exact) mass is 248 g/mol. The van der Waals surface area contributed by atoms with Crippen molar-refractivity contribution in [3.05, 3.63) is 36.2 Å². The molecule has 0 radical (unpaired) electrons. The number of carbonyl (C=O) groups excluding carboxylic acids is 1. The molecule has 1 amide bonds. The van der Waals surface area contributed by atoms with Gasteiger partial charge in [0.2, 0.25) is 5.91 Å².